The molecule has 0 spiro atoms. The first kappa shape index (κ1) is 11.5. The number of rotatable bonds is 3. The number of hydrogen-bond donors (Lipinski definition) is 0. The second kappa shape index (κ2) is 5.35. The molecule has 0 aliphatic heterocycles. The highest BCUT2D eigenvalue weighted by atomic mass is 15.1. The summed E-state index contributed by atoms with van der Waals surface area (Å²) in [7, 11) is 4.11. The van der Waals surface area contributed by atoms with Crippen molar-refractivity contribution in [3.63, 3.8) is 0 Å². The van der Waals surface area contributed by atoms with E-state index >= 15 is 0 Å². The van der Waals surface area contributed by atoms with Crippen LogP contribution in [0.15, 0.2) is 54.6 Å². The van der Waals surface area contributed by atoms with Crippen molar-refractivity contribution in [1.82, 2.24) is 0 Å². The Kier molecular flexibility index (Phi) is 3.61. The van der Waals surface area contributed by atoms with Crippen molar-refractivity contribution in [1.29, 1.82) is 0 Å². The zero-order chi connectivity index (χ0) is 12.1. The van der Waals surface area contributed by atoms with Gasteiger partial charge in [0.15, 0.2) is 0 Å². The number of hydrogen-bond acceptors (Lipinski definition) is 1. The molecule has 2 aromatic rings. The first-order valence-corrected chi connectivity index (χ1v) is 5.76. The predicted molar refractivity (Wildman–Crippen MR) is 76.1 cm³/mol. The molecule has 2 aromatic carbocycles. The van der Waals surface area contributed by atoms with Gasteiger partial charge >= 0.3 is 0 Å². The summed E-state index contributed by atoms with van der Waals surface area (Å²) in [6.07, 6.45) is 4.27. The fourth-order valence-corrected chi connectivity index (χ4v) is 1.66. The van der Waals surface area contributed by atoms with Crippen LogP contribution in [0.1, 0.15) is 11.1 Å². The average Bonchev–Trinajstić information content (AvgIpc) is 2.38. The van der Waals surface area contributed by atoms with Crippen LogP contribution < -0.4 is 4.90 Å². The molecule has 1 heteroatoms. The maximum Gasteiger partial charge on any atom is 0.0367 e. The summed E-state index contributed by atoms with van der Waals surface area (Å²) in [5.41, 5.74) is 3.67. The minimum Gasteiger partial charge on any atom is -0.378 e. The van der Waals surface area contributed by atoms with E-state index in [1.54, 1.807) is 0 Å². The van der Waals surface area contributed by atoms with Crippen LogP contribution in [0, 0.1) is 0 Å². The molecule has 0 bridgehead atoms. The molecule has 0 radical (unpaired) electrons. The summed E-state index contributed by atoms with van der Waals surface area (Å²) in [6.45, 7) is 0. The lowest BCUT2D eigenvalue weighted by Gasteiger charge is -2.12. The standard InChI is InChI=1S/C16H17N/c1-17(2)16-10-6-9-15(13-16)12-11-14-7-4-3-5-8-14/h3-13H,1-2H3. The quantitative estimate of drug-likeness (QED) is 0.713. The zero-order valence-corrected chi connectivity index (χ0v) is 10.3. The third-order valence-electron chi connectivity index (χ3n) is 2.65. The van der Waals surface area contributed by atoms with E-state index in [1.165, 1.54) is 16.8 Å². The number of anilines is 1. The van der Waals surface area contributed by atoms with Crippen molar-refractivity contribution < 1.29 is 0 Å². The molecule has 86 valence electrons. The first-order chi connectivity index (χ1) is 8.25. The summed E-state index contributed by atoms with van der Waals surface area (Å²) in [5.74, 6) is 0. The monoisotopic (exact) mass is 223 g/mol. The van der Waals surface area contributed by atoms with Crippen LogP contribution in [0.25, 0.3) is 12.2 Å². The van der Waals surface area contributed by atoms with Crippen LogP contribution in [0.2, 0.25) is 0 Å². The summed E-state index contributed by atoms with van der Waals surface area (Å²) < 4.78 is 0. The van der Waals surface area contributed by atoms with Gasteiger partial charge in [0.05, 0.1) is 0 Å². The summed E-state index contributed by atoms with van der Waals surface area (Å²) in [6, 6.07) is 18.8. The molecule has 0 unspecified atom stereocenters. The molecule has 0 N–H and O–H groups in total. The first-order valence-electron chi connectivity index (χ1n) is 5.76. The SMILES string of the molecule is CN(C)c1cccc(C=Cc2ccccc2)c1. The summed E-state index contributed by atoms with van der Waals surface area (Å²) in [4.78, 5) is 2.11. The highest BCUT2D eigenvalue weighted by molar-refractivity contribution is 5.71. The van der Waals surface area contributed by atoms with Gasteiger partial charge in [-0.25, -0.2) is 0 Å². The molecule has 0 fully saturated rings. The van der Waals surface area contributed by atoms with Crippen LogP contribution in [-0.2, 0) is 0 Å². The fourth-order valence-electron chi connectivity index (χ4n) is 1.66. The zero-order valence-electron chi connectivity index (χ0n) is 10.3. The topological polar surface area (TPSA) is 3.24 Å². The summed E-state index contributed by atoms with van der Waals surface area (Å²) >= 11 is 0. The van der Waals surface area contributed by atoms with E-state index in [9.17, 15) is 0 Å². The van der Waals surface area contributed by atoms with Gasteiger partial charge in [0.2, 0.25) is 0 Å². The van der Waals surface area contributed by atoms with Crippen molar-refractivity contribution >= 4 is 17.8 Å². The van der Waals surface area contributed by atoms with Crippen molar-refractivity contribution in [3.05, 3.63) is 65.7 Å². The number of nitrogens with zero attached hydrogens (tertiary/aromatic N) is 1. The highest BCUT2D eigenvalue weighted by Crippen LogP contribution is 2.15. The van der Waals surface area contributed by atoms with Gasteiger partial charge in [0, 0.05) is 19.8 Å². The van der Waals surface area contributed by atoms with E-state index in [1.807, 2.05) is 6.07 Å². The third-order valence-corrected chi connectivity index (χ3v) is 2.65. The lowest BCUT2D eigenvalue weighted by atomic mass is 10.1. The highest BCUT2D eigenvalue weighted by Gasteiger charge is 1.94. The molecule has 0 atom stereocenters. The largest absolute Gasteiger partial charge is 0.378 e. The van der Waals surface area contributed by atoms with E-state index < -0.39 is 0 Å². The molecule has 1 nitrogen and oxygen atoms in total. The van der Waals surface area contributed by atoms with E-state index in [0.29, 0.717) is 0 Å². The maximum atomic E-state index is 2.18. The molecular weight excluding hydrogens is 206 g/mol. The lowest BCUT2D eigenvalue weighted by Crippen LogP contribution is -2.08. The van der Waals surface area contributed by atoms with Crippen LogP contribution in [0.5, 0.6) is 0 Å². The Morgan fingerprint density at radius 1 is 0.765 bits per heavy atom. The minimum absolute atomic E-state index is 1.22. The molecule has 0 saturated heterocycles. The molecule has 2 rings (SSSR count). The Labute approximate surface area is 103 Å². The number of benzene rings is 2. The van der Waals surface area contributed by atoms with Crippen molar-refractivity contribution in [2.45, 2.75) is 0 Å². The molecule has 0 heterocycles. The second-order valence-corrected chi connectivity index (χ2v) is 4.23. The van der Waals surface area contributed by atoms with Gasteiger partial charge in [-0.15, -0.1) is 0 Å². The third kappa shape index (κ3) is 3.22. The predicted octanol–water partition coefficient (Wildman–Crippen LogP) is 3.92. The van der Waals surface area contributed by atoms with Gasteiger partial charge in [-0.05, 0) is 23.3 Å². The van der Waals surface area contributed by atoms with Crippen molar-refractivity contribution in [2.24, 2.45) is 0 Å². The molecule has 17 heavy (non-hydrogen) atoms. The Bertz CT molecular complexity index is 498. The van der Waals surface area contributed by atoms with Gasteiger partial charge in [0.1, 0.15) is 0 Å². The van der Waals surface area contributed by atoms with Crippen LogP contribution in [-0.4, -0.2) is 14.1 Å². The van der Waals surface area contributed by atoms with Gasteiger partial charge in [-0.3, -0.25) is 0 Å². The summed E-state index contributed by atoms with van der Waals surface area (Å²) in [5, 5.41) is 0. The van der Waals surface area contributed by atoms with Crippen LogP contribution in [0.4, 0.5) is 5.69 Å². The molecule has 0 saturated carbocycles. The average molecular weight is 223 g/mol. The fraction of sp³-hybridized carbons (Fsp3) is 0.125. The van der Waals surface area contributed by atoms with Gasteiger partial charge < -0.3 is 4.90 Å². The molecule has 0 aliphatic rings. The Hall–Kier alpha value is -2.02. The minimum atomic E-state index is 1.22. The van der Waals surface area contributed by atoms with Crippen molar-refractivity contribution in [2.75, 3.05) is 19.0 Å². The normalized spacial score (nSPS) is 10.7. The van der Waals surface area contributed by atoms with E-state index in [4.69, 9.17) is 0 Å². The van der Waals surface area contributed by atoms with Gasteiger partial charge in [0.25, 0.3) is 0 Å². The maximum absolute atomic E-state index is 2.18. The smallest absolute Gasteiger partial charge is 0.0367 e. The van der Waals surface area contributed by atoms with Gasteiger partial charge in [-0.1, -0.05) is 54.6 Å². The Morgan fingerprint density at radius 3 is 2.12 bits per heavy atom. The Morgan fingerprint density at radius 2 is 1.41 bits per heavy atom. The second-order valence-electron chi connectivity index (χ2n) is 4.23. The molecule has 0 aromatic heterocycles. The van der Waals surface area contributed by atoms with E-state index in [0.717, 1.165) is 0 Å². The van der Waals surface area contributed by atoms with Crippen LogP contribution >= 0.6 is 0 Å². The van der Waals surface area contributed by atoms with E-state index in [-0.39, 0.29) is 0 Å². The van der Waals surface area contributed by atoms with E-state index in [2.05, 4.69) is 79.7 Å². The molecular formula is C16H17N. The molecule has 0 amide bonds. The molecule has 0 aliphatic carbocycles. The van der Waals surface area contributed by atoms with Crippen LogP contribution in [0.3, 0.4) is 0 Å². The van der Waals surface area contributed by atoms with Gasteiger partial charge in [-0.2, -0.15) is 0 Å². The Balaban J connectivity index is 2.19. The van der Waals surface area contributed by atoms with Crippen molar-refractivity contribution in [3.8, 4) is 0 Å². The lowest BCUT2D eigenvalue weighted by molar-refractivity contribution is 1.13.